The Morgan fingerprint density at radius 3 is 1.31 bits per heavy atom. The number of aliphatic hydroxyl groups is 2. The molecule has 6 heteroatoms. The third-order valence-electron chi connectivity index (χ3n) is 10.4. The number of hydrogen-bond acceptors (Lipinski definition) is 6. The monoisotopic (exact) mass is 819 g/mol. The number of unbranched alkanes of at least 4 members (excludes halogenated alkanes) is 8. The molecule has 0 saturated heterocycles. The van der Waals surface area contributed by atoms with Gasteiger partial charge in [-0.1, -0.05) is 146 Å². The molecule has 0 spiro atoms. The van der Waals surface area contributed by atoms with Gasteiger partial charge < -0.3 is 10.2 Å². The average Bonchev–Trinajstić information content (AvgIpc) is 3.17. The molecule has 0 unspecified atom stereocenters. The summed E-state index contributed by atoms with van der Waals surface area (Å²) in [6.07, 6.45) is 29.0. The van der Waals surface area contributed by atoms with Crippen molar-refractivity contribution in [3.8, 4) is 0 Å². The highest BCUT2D eigenvalue weighted by atomic mass is 16.3. The predicted octanol–water partition coefficient (Wildman–Crippen LogP) is 15.9. The molecular formula is C53H86O6. The van der Waals surface area contributed by atoms with E-state index in [0.29, 0.717) is 43.3 Å². The SMILES string of the molecule is C.CCCCC.CCCCCC1=C(CCCCC)C(O)=C(C/C=C(\C)CCC=C(C)C)C(=O)C1=O.CCCCCC1=CC(=O)C(C/C=C(\C)CCC=C(C)C)=C(O)C1=O. The standard InChI is InChI=1S/C26H40O3.C21H30O3.C5H12.CH4/c1-6-8-10-15-21-22(16-11-9-7-2)25(28)26(29)23(24(21)27)18-17-20(5)14-12-13-19(3)4;1-5-6-7-11-17-14-19(22)18(21(24)20(17)23)13-12-16(4)10-8-9-15(2)3;1-3-5-4-2;/h13,17,27H,6-12,14-16,18H2,1-5H3;9,12,14,24H,5-8,10-11,13H2,1-4H3;3-5H2,1-2H3;1H4/b20-17+;16-12+;;. The van der Waals surface area contributed by atoms with E-state index in [1.807, 2.05) is 26.0 Å². The summed E-state index contributed by atoms with van der Waals surface area (Å²) in [7, 11) is 0. The maximum atomic E-state index is 12.8. The van der Waals surface area contributed by atoms with E-state index in [0.717, 1.165) is 94.6 Å². The van der Waals surface area contributed by atoms with E-state index >= 15 is 0 Å². The Kier molecular flexibility index (Phi) is 33.0. The molecule has 0 aliphatic heterocycles. The number of allylic oxidation sites excluding steroid dienone is 14. The molecule has 6 nitrogen and oxygen atoms in total. The highest BCUT2D eigenvalue weighted by Gasteiger charge is 2.33. The van der Waals surface area contributed by atoms with Crippen LogP contribution >= 0.6 is 0 Å². The van der Waals surface area contributed by atoms with Crippen LogP contribution in [0.25, 0.3) is 0 Å². The molecule has 2 aliphatic rings. The molecule has 2 aliphatic carbocycles. The van der Waals surface area contributed by atoms with Gasteiger partial charge in [-0.05, 0) is 125 Å². The molecule has 0 saturated carbocycles. The molecule has 2 rings (SSSR count). The number of Topliss-reactive ketones (excluding diaryl/α,β-unsaturated/α-hetero) is 3. The number of hydrogen-bond donors (Lipinski definition) is 2. The van der Waals surface area contributed by atoms with Crippen molar-refractivity contribution in [1.82, 2.24) is 0 Å². The van der Waals surface area contributed by atoms with E-state index in [1.54, 1.807) is 0 Å². The van der Waals surface area contributed by atoms with Crippen LogP contribution in [0.4, 0.5) is 0 Å². The van der Waals surface area contributed by atoms with E-state index in [1.165, 1.54) is 42.1 Å². The van der Waals surface area contributed by atoms with Crippen molar-refractivity contribution in [3.63, 3.8) is 0 Å². The lowest BCUT2D eigenvalue weighted by Crippen LogP contribution is -2.26. The molecular weight excluding hydrogens is 733 g/mol. The molecule has 0 amide bonds. The molecule has 0 aromatic carbocycles. The predicted molar refractivity (Wildman–Crippen MR) is 253 cm³/mol. The summed E-state index contributed by atoms with van der Waals surface area (Å²) in [5.41, 5.74) is 7.15. The summed E-state index contributed by atoms with van der Waals surface area (Å²) in [6, 6.07) is 0. The minimum Gasteiger partial charge on any atom is -0.507 e. The zero-order valence-electron chi connectivity index (χ0n) is 38.8. The first-order valence-electron chi connectivity index (χ1n) is 22.6. The average molecular weight is 819 g/mol. The van der Waals surface area contributed by atoms with E-state index < -0.39 is 11.6 Å². The van der Waals surface area contributed by atoms with E-state index in [2.05, 4.69) is 74.5 Å². The highest BCUT2D eigenvalue weighted by Crippen LogP contribution is 2.33. The van der Waals surface area contributed by atoms with Gasteiger partial charge in [0, 0.05) is 27.9 Å². The van der Waals surface area contributed by atoms with Crippen LogP contribution in [-0.2, 0) is 19.2 Å². The lowest BCUT2D eigenvalue weighted by atomic mass is 9.82. The molecule has 0 fully saturated rings. The summed E-state index contributed by atoms with van der Waals surface area (Å²) in [4.78, 5) is 50.0. The van der Waals surface area contributed by atoms with Gasteiger partial charge in [0.15, 0.2) is 11.5 Å². The maximum Gasteiger partial charge on any atom is 0.233 e. The fourth-order valence-electron chi connectivity index (χ4n) is 6.62. The molecule has 0 bridgehead atoms. The topological polar surface area (TPSA) is 109 Å². The van der Waals surface area contributed by atoms with Crippen molar-refractivity contribution in [2.24, 2.45) is 0 Å². The zero-order chi connectivity index (χ0) is 44.0. The van der Waals surface area contributed by atoms with Crippen LogP contribution in [0, 0.1) is 0 Å². The van der Waals surface area contributed by atoms with Crippen LogP contribution in [0.1, 0.15) is 218 Å². The van der Waals surface area contributed by atoms with Crippen LogP contribution in [0.2, 0.25) is 0 Å². The van der Waals surface area contributed by atoms with E-state index in [-0.39, 0.29) is 41.7 Å². The second kappa shape index (κ2) is 34.0. The Labute approximate surface area is 361 Å². The number of carbonyl (C=O) groups is 4. The van der Waals surface area contributed by atoms with Gasteiger partial charge in [0.05, 0.1) is 0 Å². The smallest absolute Gasteiger partial charge is 0.233 e. The van der Waals surface area contributed by atoms with Gasteiger partial charge in [-0.15, -0.1) is 0 Å². The van der Waals surface area contributed by atoms with Gasteiger partial charge >= 0.3 is 0 Å². The molecule has 0 heterocycles. The molecule has 0 aromatic rings. The van der Waals surface area contributed by atoms with Gasteiger partial charge in [0.1, 0.15) is 5.76 Å². The Bertz CT molecular complexity index is 1570. The van der Waals surface area contributed by atoms with E-state index in [4.69, 9.17) is 0 Å². The number of rotatable bonds is 24. The lowest BCUT2D eigenvalue weighted by Gasteiger charge is -2.21. The van der Waals surface area contributed by atoms with Crippen molar-refractivity contribution in [2.75, 3.05) is 0 Å². The maximum absolute atomic E-state index is 12.8. The highest BCUT2D eigenvalue weighted by molar-refractivity contribution is 6.50. The van der Waals surface area contributed by atoms with Crippen molar-refractivity contribution >= 4 is 23.1 Å². The van der Waals surface area contributed by atoms with Gasteiger partial charge in [-0.25, -0.2) is 0 Å². The van der Waals surface area contributed by atoms with Gasteiger partial charge in [-0.2, -0.15) is 0 Å². The Morgan fingerprint density at radius 2 is 0.881 bits per heavy atom. The lowest BCUT2D eigenvalue weighted by molar-refractivity contribution is -0.132. The Morgan fingerprint density at radius 1 is 0.475 bits per heavy atom. The molecule has 0 aromatic heterocycles. The summed E-state index contributed by atoms with van der Waals surface area (Å²) >= 11 is 0. The fraction of sp³-hybridized carbons (Fsp3) is 0.623. The van der Waals surface area contributed by atoms with Crippen LogP contribution in [0.15, 0.2) is 92.1 Å². The summed E-state index contributed by atoms with van der Waals surface area (Å²) in [6.45, 7) is 23.1. The van der Waals surface area contributed by atoms with Crippen LogP contribution in [0.3, 0.4) is 0 Å². The van der Waals surface area contributed by atoms with Crippen molar-refractivity contribution in [1.29, 1.82) is 0 Å². The van der Waals surface area contributed by atoms with Crippen LogP contribution in [0.5, 0.6) is 0 Å². The van der Waals surface area contributed by atoms with Crippen LogP contribution < -0.4 is 0 Å². The molecule has 334 valence electrons. The van der Waals surface area contributed by atoms with Crippen molar-refractivity contribution in [2.45, 2.75) is 218 Å². The number of aliphatic hydroxyl groups excluding tert-OH is 2. The number of ketones is 4. The van der Waals surface area contributed by atoms with Crippen LogP contribution in [-0.4, -0.2) is 33.3 Å². The second-order valence-corrected chi connectivity index (χ2v) is 16.5. The zero-order valence-corrected chi connectivity index (χ0v) is 38.8. The quantitative estimate of drug-likeness (QED) is 0.0330. The first-order valence-corrected chi connectivity index (χ1v) is 22.6. The normalized spacial score (nSPS) is 14.7. The third kappa shape index (κ3) is 23.5. The molecule has 0 atom stereocenters. The fourth-order valence-corrected chi connectivity index (χ4v) is 6.62. The summed E-state index contributed by atoms with van der Waals surface area (Å²) < 4.78 is 0. The first-order chi connectivity index (χ1) is 27.6. The Balaban J connectivity index is 0. The van der Waals surface area contributed by atoms with Gasteiger partial charge in [0.2, 0.25) is 17.3 Å². The summed E-state index contributed by atoms with van der Waals surface area (Å²) in [5.74, 6) is -1.80. The molecule has 0 radical (unpaired) electrons. The first kappa shape index (κ1) is 57.3. The number of carbonyl (C=O) groups excluding carboxylic acids is 4. The largest absolute Gasteiger partial charge is 0.507 e. The van der Waals surface area contributed by atoms with Gasteiger partial charge in [-0.3, -0.25) is 19.2 Å². The third-order valence-corrected chi connectivity index (χ3v) is 10.4. The summed E-state index contributed by atoms with van der Waals surface area (Å²) in [5, 5.41) is 21.0. The van der Waals surface area contributed by atoms with Crippen molar-refractivity contribution < 1.29 is 29.4 Å². The van der Waals surface area contributed by atoms with Crippen molar-refractivity contribution in [3.05, 3.63) is 92.1 Å². The Hall–Kier alpha value is -3.80. The molecule has 2 N–H and O–H groups in total. The minimum atomic E-state index is -0.512. The van der Waals surface area contributed by atoms with Gasteiger partial charge in [0.25, 0.3) is 0 Å². The molecule has 59 heavy (non-hydrogen) atoms. The van der Waals surface area contributed by atoms with E-state index in [9.17, 15) is 29.4 Å². The minimum absolute atomic E-state index is 0. The second-order valence-electron chi connectivity index (χ2n) is 16.5.